The van der Waals surface area contributed by atoms with Crippen molar-refractivity contribution in [3.8, 4) is 11.6 Å². The molecule has 1 aromatic heterocycles. The van der Waals surface area contributed by atoms with Gasteiger partial charge in [0.1, 0.15) is 23.7 Å². The molecule has 6 nitrogen and oxygen atoms in total. The Kier molecular flexibility index (Phi) is 6.53. The Bertz CT molecular complexity index is 1100. The van der Waals surface area contributed by atoms with E-state index in [1.807, 2.05) is 4.90 Å². The van der Waals surface area contributed by atoms with Crippen LogP contribution in [-0.2, 0) is 0 Å². The van der Waals surface area contributed by atoms with Crippen LogP contribution in [-0.4, -0.2) is 47.0 Å². The standard InChI is InChI=1S/C22H19Cl2FN4O2/c23-16-4-1-3-15(11-16)22(30)29-8-2-7-28(9-10-29)20-13-21(27-14-26-20)31-17-5-6-19(25)18(24)12-17/h1,3-6,11-14H,2,7-10H2. The Morgan fingerprint density at radius 2 is 1.87 bits per heavy atom. The van der Waals surface area contributed by atoms with Crippen molar-refractivity contribution < 1.29 is 13.9 Å². The lowest BCUT2D eigenvalue weighted by molar-refractivity contribution is 0.0767. The number of halogens is 3. The minimum absolute atomic E-state index is 0.0243. The fourth-order valence-corrected chi connectivity index (χ4v) is 3.73. The highest BCUT2D eigenvalue weighted by atomic mass is 35.5. The van der Waals surface area contributed by atoms with Crippen LogP contribution in [0.25, 0.3) is 0 Å². The molecule has 0 saturated carbocycles. The minimum Gasteiger partial charge on any atom is -0.439 e. The van der Waals surface area contributed by atoms with Crippen LogP contribution in [0.4, 0.5) is 10.2 Å². The number of benzene rings is 2. The summed E-state index contributed by atoms with van der Waals surface area (Å²) < 4.78 is 19.0. The fraction of sp³-hybridized carbons (Fsp3) is 0.227. The molecule has 31 heavy (non-hydrogen) atoms. The highest BCUT2D eigenvalue weighted by Crippen LogP contribution is 2.27. The number of hydrogen-bond donors (Lipinski definition) is 0. The molecule has 1 aliphatic rings. The molecule has 0 N–H and O–H groups in total. The van der Waals surface area contributed by atoms with Crippen LogP contribution in [0.2, 0.25) is 10.0 Å². The SMILES string of the molecule is O=C(c1cccc(Cl)c1)N1CCCN(c2cc(Oc3ccc(F)c(Cl)c3)ncn2)CC1. The van der Waals surface area contributed by atoms with Gasteiger partial charge in [0.15, 0.2) is 0 Å². The molecule has 2 aromatic carbocycles. The molecule has 1 saturated heterocycles. The normalized spacial score (nSPS) is 14.3. The Morgan fingerprint density at radius 3 is 2.68 bits per heavy atom. The molecule has 0 bridgehead atoms. The molecule has 3 aromatic rings. The molecular weight excluding hydrogens is 442 g/mol. The molecule has 0 unspecified atom stereocenters. The molecule has 0 spiro atoms. The summed E-state index contributed by atoms with van der Waals surface area (Å²) >= 11 is 11.8. The van der Waals surface area contributed by atoms with Crippen molar-refractivity contribution in [3.63, 3.8) is 0 Å². The third-order valence-electron chi connectivity index (χ3n) is 4.92. The van der Waals surface area contributed by atoms with Gasteiger partial charge in [-0.3, -0.25) is 4.79 Å². The third kappa shape index (κ3) is 5.24. The van der Waals surface area contributed by atoms with E-state index in [0.717, 1.165) is 13.0 Å². The molecule has 1 fully saturated rings. The van der Waals surface area contributed by atoms with Crippen LogP contribution in [0.5, 0.6) is 11.6 Å². The van der Waals surface area contributed by atoms with Crippen molar-refractivity contribution >= 4 is 34.9 Å². The Balaban J connectivity index is 1.44. The molecule has 2 heterocycles. The van der Waals surface area contributed by atoms with Crippen LogP contribution in [0, 0.1) is 5.82 Å². The lowest BCUT2D eigenvalue weighted by Crippen LogP contribution is -2.35. The number of ether oxygens (including phenoxy) is 1. The van der Waals surface area contributed by atoms with Crippen LogP contribution in [0.1, 0.15) is 16.8 Å². The molecule has 1 aliphatic heterocycles. The molecule has 0 atom stereocenters. The zero-order valence-electron chi connectivity index (χ0n) is 16.5. The van der Waals surface area contributed by atoms with Crippen molar-refractivity contribution in [2.75, 3.05) is 31.1 Å². The van der Waals surface area contributed by atoms with Gasteiger partial charge in [0.05, 0.1) is 5.02 Å². The number of anilines is 1. The van der Waals surface area contributed by atoms with Gasteiger partial charge in [0, 0.05) is 48.9 Å². The Hall–Kier alpha value is -2.90. The number of carbonyl (C=O) groups is 1. The smallest absolute Gasteiger partial charge is 0.253 e. The summed E-state index contributed by atoms with van der Waals surface area (Å²) in [6.45, 7) is 2.55. The van der Waals surface area contributed by atoms with E-state index in [1.54, 1.807) is 30.3 Å². The number of aromatic nitrogens is 2. The predicted molar refractivity (Wildman–Crippen MR) is 118 cm³/mol. The molecule has 4 rings (SSSR count). The highest BCUT2D eigenvalue weighted by Gasteiger charge is 2.21. The average Bonchev–Trinajstić information content (AvgIpc) is 3.02. The van der Waals surface area contributed by atoms with Gasteiger partial charge in [-0.25, -0.2) is 14.4 Å². The topological polar surface area (TPSA) is 58.6 Å². The first-order chi connectivity index (χ1) is 15.0. The zero-order valence-corrected chi connectivity index (χ0v) is 18.0. The van der Waals surface area contributed by atoms with Crippen molar-refractivity contribution in [3.05, 3.63) is 76.3 Å². The maximum absolute atomic E-state index is 13.3. The molecule has 9 heteroatoms. The maximum atomic E-state index is 13.3. The summed E-state index contributed by atoms with van der Waals surface area (Å²) in [4.78, 5) is 25.2. The molecule has 0 aliphatic carbocycles. The maximum Gasteiger partial charge on any atom is 0.253 e. The van der Waals surface area contributed by atoms with Gasteiger partial charge < -0.3 is 14.5 Å². The molecule has 0 radical (unpaired) electrons. The molecular formula is C22H19Cl2FN4O2. The van der Waals surface area contributed by atoms with E-state index in [-0.39, 0.29) is 10.9 Å². The van der Waals surface area contributed by atoms with Gasteiger partial charge in [0.2, 0.25) is 5.88 Å². The van der Waals surface area contributed by atoms with Crippen molar-refractivity contribution in [1.29, 1.82) is 0 Å². The van der Waals surface area contributed by atoms with Gasteiger partial charge in [0.25, 0.3) is 5.91 Å². The van der Waals surface area contributed by atoms with Gasteiger partial charge >= 0.3 is 0 Å². The monoisotopic (exact) mass is 460 g/mol. The van der Waals surface area contributed by atoms with Gasteiger partial charge in [-0.15, -0.1) is 0 Å². The Labute approximate surface area is 189 Å². The van der Waals surface area contributed by atoms with E-state index in [2.05, 4.69) is 14.9 Å². The predicted octanol–water partition coefficient (Wildman–Crippen LogP) is 5.07. The summed E-state index contributed by atoms with van der Waals surface area (Å²) in [6.07, 6.45) is 2.20. The van der Waals surface area contributed by atoms with Crippen LogP contribution < -0.4 is 9.64 Å². The van der Waals surface area contributed by atoms with Crippen molar-refractivity contribution in [2.45, 2.75) is 6.42 Å². The summed E-state index contributed by atoms with van der Waals surface area (Å²) in [5.74, 6) is 0.840. The van der Waals surface area contributed by atoms with E-state index in [9.17, 15) is 9.18 Å². The van der Waals surface area contributed by atoms with Crippen LogP contribution in [0.15, 0.2) is 54.9 Å². The summed E-state index contributed by atoms with van der Waals surface area (Å²) in [5.41, 5.74) is 0.580. The lowest BCUT2D eigenvalue weighted by atomic mass is 10.2. The summed E-state index contributed by atoms with van der Waals surface area (Å²) in [5, 5.41) is 0.516. The minimum atomic E-state index is -0.515. The first kappa shape index (κ1) is 21.3. The second kappa shape index (κ2) is 9.49. The second-order valence-electron chi connectivity index (χ2n) is 7.04. The number of amides is 1. The van der Waals surface area contributed by atoms with E-state index >= 15 is 0 Å². The van der Waals surface area contributed by atoms with Crippen molar-refractivity contribution in [2.24, 2.45) is 0 Å². The molecule has 160 valence electrons. The third-order valence-corrected chi connectivity index (χ3v) is 5.44. The van der Waals surface area contributed by atoms with Crippen LogP contribution in [0.3, 0.4) is 0 Å². The fourth-order valence-electron chi connectivity index (χ4n) is 3.37. The highest BCUT2D eigenvalue weighted by molar-refractivity contribution is 6.31. The van der Waals surface area contributed by atoms with E-state index < -0.39 is 5.82 Å². The first-order valence-electron chi connectivity index (χ1n) is 9.74. The van der Waals surface area contributed by atoms with E-state index in [4.69, 9.17) is 27.9 Å². The van der Waals surface area contributed by atoms with Gasteiger partial charge in [-0.2, -0.15) is 0 Å². The number of rotatable bonds is 4. The van der Waals surface area contributed by atoms with E-state index in [1.165, 1.54) is 24.5 Å². The van der Waals surface area contributed by atoms with Crippen LogP contribution >= 0.6 is 23.2 Å². The number of carbonyl (C=O) groups excluding carboxylic acids is 1. The lowest BCUT2D eigenvalue weighted by Gasteiger charge is -2.23. The van der Waals surface area contributed by atoms with Gasteiger partial charge in [-0.1, -0.05) is 29.3 Å². The number of nitrogens with zero attached hydrogens (tertiary/aromatic N) is 4. The van der Waals surface area contributed by atoms with Gasteiger partial charge in [-0.05, 0) is 36.8 Å². The largest absolute Gasteiger partial charge is 0.439 e. The van der Waals surface area contributed by atoms with Crippen molar-refractivity contribution in [1.82, 2.24) is 14.9 Å². The van der Waals surface area contributed by atoms with E-state index in [0.29, 0.717) is 47.7 Å². The Morgan fingerprint density at radius 1 is 1.00 bits per heavy atom. The average molecular weight is 461 g/mol. The zero-order chi connectivity index (χ0) is 21.8. The molecule has 1 amide bonds. The summed E-state index contributed by atoms with van der Waals surface area (Å²) in [7, 11) is 0. The second-order valence-corrected chi connectivity index (χ2v) is 7.88. The number of hydrogen-bond acceptors (Lipinski definition) is 5. The first-order valence-corrected chi connectivity index (χ1v) is 10.5. The quantitative estimate of drug-likeness (QED) is 0.543. The summed E-state index contributed by atoms with van der Waals surface area (Å²) in [6, 6.07) is 12.8.